The minimum atomic E-state index is -0.118. The van der Waals surface area contributed by atoms with E-state index in [-0.39, 0.29) is 5.91 Å². The summed E-state index contributed by atoms with van der Waals surface area (Å²) in [6, 6.07) is 5.83. The Morgan fingerprint density at radius 3 is 2.50 bits per heavy atom. The monoisotopic (exact) mass is 278 g/mol. The third kappa shape index (κ3) is 3.87. The van der Waals surface area contributed by atoms with Gasteiger partial charge in [-0.05, 0) is 46.1 Å². The number of likely N-dealkylation sites (N-methyl/N-ethyl adjacent to an activating group) is 2. The molecule has 0 bridgehead atoms. The number of hydrogen-bond donors (Lipinski definition) is 2. The highest BCUT2D eigenvalue weighted by Gasteiger charge is 2.17. The number of carbonyl (C=O) groups is 1. The van der Waals surface area contributed by atoms with Crippen LogP contribution in [0.4, 0.5) is 11.4 Å². The van der Waals surface area contributed by atoms with Gasteiger partial charge in [0.2, 0.25) is 0 Å². The van der Waals surface area contributed by atoms with Crippen LogP contribution >= 0.6 is 0 Å². The van der Waals surface area contributed by atoms with Crippen molar-refractivity contribution in [2.75, 3.05) is 44.9 Å². The van der Waals surface area contributed by atoms with Crippen molar-refractivity contribution in [1.29, 1.82) is 0 Å². The Labute approximate surface area is 121 Å². The minimum absolute atomic E-state index is 0.118. The fraction of sp³-hybridized carbons (Fsp3) is 0.533. The van der Waals surface area contributed by atoms with Crippen LogP contribution in [-0.2, 0) is 0 Å². The van der Waals surface area contributed by atoms with Crippen LogP contribution < -0.4 is 16.0 Å². The number of nitrogens with zero attached hydrogens (tertiary/aromatic N) is 2. The molecule has 1 aromatic carbocycles. The van der Waals surface area contributed by atoms with E-state index >= 15 is 0 Å². The number of nitrogens with two attached hydrogens (primary N) is 1. The van der Waals surface area contributed by atoms with Gasteiger partial charge in [0.05, 0.1) is 11.4 Å². The van der Waals surface area contributed by atoms with Crippen LogP contribution in [0, 0.1) is 0 Å². The van der Waals surface area contributed by atoms with E-state index in [4.69, 9.17) is 5.73 Å². The molecule has 0 fully saturated rings. The molecule has 1 amide bonds. The van der Waals surface area contributed by atoms with Gasteiger partial charge in [-0.15, -0.1) is 0 Å². The van der Waals surface area contributed by atoms with E-state index in [1.165, 1.54) is 0 Å². The molecule has 3 N–H and O–H groups in total. The van der Waals surface area contributed by atoms with Crippen molar-refractivity contribution in [1.82, 2.24) is 10.2 Å². The summed E-state index contributed by atoms with van der Waals surface area (Å²) in [5.74, 6) is -0.118. The van der Waals surface area contributed by atoms with Crippen molar-refractivity contribution in [3.63, 3.8) is 0 Å². The molecule has 1 unspecified atom stereocenters. The highest BCUT2D eigenvalue weighted by atomic mass is 16.1. The van der Waals surface area contributed by atoms with Crippen molar-refractivity contribution >= 4 is 17.3 Å². The standard InChI is InChI=1S/C15H26N4O/c1-6-19(11(2)10-18(4)5)14-8-7-12(9-13(14)16)15(20)17-3/h7-9,11H,6,10,16H2,1-5H3,(H,17,20). The molecule has 20 heavy (non-hydrogen) atoms. The fourth-order valence-corrected chi connectivity index (χ4v) is 2.45. The third-order valence-electron chi connectivity index (χ3n) is 3.33. The summed E-state index contributed by atoms with van der Waals surface area (Å²) in [6.07, 6.45) is 0. The van der Waals surface area contributed by atoms with Gasteiger partial charge in [0.15, 0.2) is 0 Å². The van der Waals surface area contributed by atoms with E-state index in [9.17, 15) is 4.79 Å². The lowest BCUT2D eigenvalue weighted by Crippen LogP contribution is -2.40. The van der Waals surface area contributed by atoms with Crippen molar-refractivity contribution in [3.05, 3.63) is 23.8 Å². The van der Waals surface area contributed by atoms with E-state index in [0.29, 0.717) is 17.3 Å². The van der Waals surface area contributed by atoms with E-state index in [1.54, 1.807) is 13.1 Å². The molecule has 0 aliphatic carbocycles. The van der Waals surface area contributed by atoms with E-state index < -0.39 is 0 Å². The Balaban J connectivity index is 3.01. The second-order valence-electron chi connectivity index (χ2n) is 5.25. The van der Waals surface area contributed by atoms with Gasteiger partial charge in [0.1, 0.15) is 0 Å². The van der Waals surface area contributed by atoms with Crippen LogP contribution in [0.3, 0.4) is 0 Å². The van der Waals surface area contributed by atoms with Gasteiger partial charge in [-0.3, -0.25) is 4.79 Å². The summed E-state index contributed by atoms with van der Waals surface area (Å²) in [5.41, 5.74) is 8.33. The summed E-state index contributed by atoms with van der Waals surface area (Å²) in [7, 11) is 5.73. The van der Waals surface area contributed by atoms with Crippen LogP contribution in [0.5, 0.6) is 0 Å². The van der Waals surface area contributed by atoms with Gasteiger partial charge < -0.3 is 20.9 Å². The van der Waals surface area contributed by atoms with E-state index in [2.05, 4.69) is 43.1 Å². The number of amides is 1. The Hall–Kier alpha value is -1.75. The molecule has 112 valence electrons. The smallest absolute Gasteiger partial charge is 0.251 e. The molecule has 0 spiro atoms. The summed E-state index contributed by atoms with van der Waals surface area (Å²) in [5, 5.41) is 2.61. The van der Waals surface area contributed by atoms with Crippen LogP contribution in [0.2, 0.25) is 0 Å². The number of nitrogens with one attached hydrogen (secondary N) is 1. The maximum Gasteiger partial charge on any atom is 0.251 e. The first-order valence-corrected chi connectivity index (χ1v) is 6.93. The maximum absolute atomic E-state index is 11.6. The SMILES string of the molecule is CCN(c1ccc(C(=O)NC)cc1N)C(C)CN(C)C. The van der Waals surface area contributed by atoms with Crippen molar-refractivity contribution in [2.24, 2.45) is 0 Å². The average molecular weight is 278 g/mol. The van der Waals surface area contributed by atoms with Crippen LogP contribution in [0.15, 0.2) is 18.2 Å². The lowest BCUT2D eigenvalue weighted by atomic mass is 10.1. The van der Waals surface area contributed by atoms with Gasteiger partial charge >= 0.3 is 0 Å². The molecule has 0 aliphatic heterocycles. The second kappa shape index (κ2) is 7.14. The first-order valence-electron chi connectivity index (χ1n) is 6.93. The zero-order valence-electron chi connectivity index (χ0n) is 13.1. The number of nitrogen functional groups attached to an aromatic ring is 1. The Morgan fingerprint density at radius 2 is 2.05 bits per heavy atom. The predicted octanol–water partition coefficient (Wildman–Crippen LogP) is 1.40. The molecule has 5 nitrogen and oxygen atoms in total. The first-order chi connectivity index (χ1) is 9.40. The highest BCUT2D eigenvalue weighted by Crippen LogP contribution is 2.26. The average Bonchev–Trinajstić information content (AvgIpc) is 2.39. The second-order valence-corrected chi connectivity index (χ2v) is 5.25. The largest absolute Gasteiger partial charge is 0.397 e. The molecular weight excluding hydrogens is 252 g/mol. The predicted molar refractivity (Wildman–Crippen MR) is 85.3 cm³/mol. The van der Waals surface area contributed by atoms with Crippen LogP contribution in [0.1, 0.15) is 24.2 Å². The Kier molecular flexibility index (Phi) is 5.82. The van der Waals surface area contributed by atoms with Gasteiger partial charge in [0, 0.05) is 31.7 Å². The summed E-state index contributed by atoms with van der Waals surface area (Å²) in [6.45, 7) is 6.11. The molecule has 0 saturated carbocycles. The molecule has 1 aromatic rings. The molecule has 1 rings (SSSR count). The number of rotatable bonds is 6. The Bertz CT molecular complexity index is 459. The fourth-order valence-electron chi connectivity index (χ4n) is 2.45. The minimum Gasteiger partial charge on any atom is -0.397 e. The number of anilines is 2. The van der Waals surface area contributed by atoms with E-state index in [0.717, 1.165) is 18.8 Å². The zero-order valence-corrected chi connectivity index (χ0v) is 13.1. The van der Waals surface area contributed by atoms with Crippen molar-refractivity contribution in [2.45, 2.75) is 19.9 Å². The molecule has 0 saturated heterocycles. The molecular formula is C15H26N4O. The number of carbonyl (C=O) groups excluding carboxylic acids is 1. The lowest BCUT2D eigenvalue weighted by Gasteiger charge is -2.33. The van der Waals surface area contributed by atoms with Gasteiger partial charge in [-0.1, -0.05) is 0 Å². The molecule has 0 radical (unpaired) electrons. The zero-order chi connectivity index (χ0) is 15.3. The van der Waals surface area contributed by atoms with Crippen LogP contribution in [0.25, 0.3) is 0 Å². The third-order valence-corrected chi connectivity index (χ3v) is 3.33. The highest BCUT2D eigenvalue weighted by molar-refractivity contribution is 5.96. The topological polar surface area (TPSA) is 61.6 Å². The van der Waals surface area contributed by atoms with Crippen molar-refractivity contribution < 1.29 is 4.79 Å². The van der Waals surface area contributed by atoms with Gasteiger partial charge in [0.25, 0.3) is 5.91 Å². The maximum atomic E-state index is 11.6. The summed E-state index contributed by atoms with van der Waals surface area (Å²) < 4.78 is 0. The number of hydrogen-bond acceptors (Lipinski definition) is 4. The summed E-state index contributed by atoms with van der Waals surface area (Å²) >= 11 is 0. The normalized spacial score (nSPS) is 12.3. The summed E-state index contributed by atoms with van der Waals surface area (Å²) in [4.78, 5) is 16.0. The molecule has 5 heteroatoms. The Morgan fingerprint density at radius 1 is 1.40 bits per heavy atom. The van der Waals surface area contributed by atoms with E-state index in [1.807, 2.05) is 12.1 Å². The van der Waals surface area contributed by atoms with Gasteiger partial charge in [-0.25, -0.2) is 0 Å². The van der Waals surface area contributed by atoms with Crippen LogP contribution in [-0.4, -0.2) is 51.1 Å². The molecule has 0 heterocycles. The van der Waals surface area contributed by atoms with Gasteiger partial charge in [-0.2, -0.15) is 0 Å². The lowest BCUT2D eigenvalue weighted by molar-refractivity contribution is 0.0963. The molecule has 0 aliphatic rings. The van der Waals surface area contributed by atoms with Crippen molar-refractivity contribution in [3.8, 4) is 0 Å². The quantitative estimate of drug-likeness (QED) is 0.772. The molecule has 0 aromatic heterocycles. The molecule has 1 atom stereocenters. The first kappa shape index (κ1) is 16.3. The number of benzene rings is 1.